The number of hydrogen-bond donors (Lipinski definition) is 1. The van der Waals surface area contributed by atoms with Gasteiger partial charge in [0.1, 0.15) is 10.6 Å². The third-order valence-corrected chi connectivity index (χ3v) is 7.80. The van der Waals surface area contributed by atoms with Crippen molar-refractivity contribution in [1.82, 2.24) is 14.2 Å². The summed E-state index contributed by atoms with van der Waals surface area (Å²) in [6.45, 7) is 1.43. The number of aromatic amines is 1. The minimum absolute atomic E-state index is 0.141. The maximum atomic E-state index is 12.7. The van der Waals surface area contributed by atoms with E-state index in [0.717, 1.165) is 21.5 Å². The van der Waals surface area contributed by atoms with Crippen LogP contribution in [0, 0.1) is 0 Å². The summed E-state index contributed by atoms with van der Waals surface area (Å²) in [6, 6.07) is 9.11. The predicted molar refractivity (Wildman–Crippen MR) is 107 cm³/mol. The molecule has 9 heteroatoms. The quantitative estimate of drug-likeness (QED) is 0.748. The molecule has 6 nitrogen and oxygen atoms in total. The summed E-state index contributed by atoms with van der Waals surface area (Å²) >= 11 is 5.22. The van der Waals surface area contributed by atoms with E-state index in [1.807, 2.05) is 24.3 Å². The SMILES string of the molecule is CN(Cc1ccccc1Br)C(=O)c1cc(S(=O)(=O)N2CCSCC2)c[nH]1. The molecule has 0 atom stereocenters. The fourth-order valence-electron chi connectivity index (χ4n) is 2.74. The Balaban J connectivity index is 1.74. The number of H-pyrrole nitrogens is 1. The van der Waals surface area contributed by atoms with Crippen molar-refractivity contribution in [3.8, 4) is 0 Å². The molecule has 0 bridgehead atoms. The Labute approximate surface area is 166 Å². The highest BCUT2D eigenvalue weighted by molar-refractivity contribution is 9.10. The largest absolute Gasteiger partial charge is 0.356 e. The van der Waals surface area contributed by atoms with Crippen LogP contribution in [-0.2, 0) is 16.6 Å². The van der Waals surface area contributed by atoms with Gasteiger partial charge in [-0.1, -0.05) is 34.1 Å². The summed E-state index contributed by atoms with van der Waals surface area (Å²) in [7, 11) is -1.86. The normalized spacial score (nSPS) is 15.8. The second kappa shape index (κ2) is 8.16. The van der Waals surface area contributed by atoms with Gasteiger partial charge in [0.25, 0.3) is 5.91 Å². The van der Waals surface area contributed by atoms with Crippen molar-refractivity contribution in [3.05, 3.63) is 52.3 Å². The summed E-state index contributed by atoms with van der Waals surface area (Å²) in [5, 5.41) is 0. The van der Waals surface area contributed by atoms with E-state index in [4.69, 9.17) is 0 Å². The molecular formula is C17H20BrN3O3S2. The first-order valence-corrected chi connectivity index (χ1v) is 11.5. The van der Waals surface area contributed by atoms with E-state index in [0.29, 0.717) is 19.6 Å². The summed E-state index contributed by atoms with van der Waals surface area (Å²) in [4.78, 5) is 17.2. The van der Waals surface area contributed by atoms with Crippen molar-refractivity contribution in [3.63, 3.8) is 0 Å². The van der Waals surface area contributed by atoms with Gasteiger partial charge in [-0.3, -0.25) is 4.79 Å². The Kier molecular flexibility index (Phi) is 6.11. The van der Waals surface area contributed by atoms with Gasteiger partial charge in [-0.05, 0) is 17.7 Å². The highest BCUT2D eigenvalue weighted by Gasteiger charge is 2.28. The van der Waals surface area contributed by atoms with E-state index < -0.39 is 10.0 Å². The maximum Gasteiger partial charge on any atom is 0.270 e. The zero-order valence-corrected chi connectivity index (χ0v) is 17.5. The number of benzene rings is 1. The molecule has 0 unspecified atom stereocenters. The fraction of sp³-hybridized carbons (Fsp3) is 0.353. The van der Waals surface area contributed by atoms with Gasteiger partial charge in [0.15, 0.2) is 0 Å². The molecule has 1 aromatic heterocycles. The summed E-state index contributed by atoms with van der Waals surface area (Å²) in [5.74, 6) is 1.34. The predicted octanol–water partition coefficient (Wildman–Crippen LogP) is 2.79. The van der Waals surface area contributed by atoms with E-state index in [9.17, 15) is 13.2 Å². The number of carbonyl (C=O) groups excluding carboxylic acids is 1. The fourth-order valence-corrected chi connectivity index (χ4v) is 5.72. The van der Waals surface area contributed by atoms with E-state index >= 15 is 0 Å². The van der Waals surface area contributed by atoms with Crippen molar-refractivity contribution < 1.29 is 13.2 Å². The number of hydrogen-bond acceptors (Lipinski definition) is 4. The van der Waals surface area contributed by atoms with Crippen molar-refractivity contribution >= 4 is 43.6 Å². The first-order valence-electron chi connectivity index (χ1n) is 8.15. The molecule has 0 aliphatic carbocycles. The molecule has 2 heterocycles. The molecule has 1 aliphatic heterocycles. The molecule has 1 amide bonds. The Hall–Kier alpha value is -1.29. The van der Waals surface area contributed by atoms with Gasteiger partial charge < -0.3 is 9.88 Å². The van der Waals surface area contributed by atoms with Crippen LogP contribution in [-0.4, -0.2) is 60.2 Å². The van der Waals surface area contributed by atoms with Crippen LogP contribution in [0.1, 0.15) is 16.1 Å². The lowest BCUT2D eigenvalue weighted by Crippen LogP contribution is -2.37. The monoisotopic (exact) mass is 457 g/mol. The van der Waals surface area contributed by atoms with E-state index in [-0.39, 0.29) is 16.5 Å². The molecule has 2 aromatic rings. The van der Waals surface area contributed by atoms with Gasteiger partial charge in [0.05, 0.1) is 0 Å². The Bertz CT molecular complexity index is 892. The topological polar surface area (TPSA) is 73.5 Å². The third kappa shape index (κ3) is 4.16. The molecule has 1 aromatic carbocycles. The van der Waals surface area contributed by atoms with Crippen LogP contribution in [0.25, 0.3) is 0 Å². The zero-order valence-electron chi connectivity index (χ0n) is 14.3. The summed E-state index contributed by atoms with van der Waals surface area (Å²) in [5.41, 5.74) is 1.25. The smallest absolute Gasteiger partial charge is 0.270 e. The highest BCUT2D eigenvalue weighted by atomic mass is 79.9. The lowest BCUT2D eigenvalue weighted by molar-refractivity contribution is 0.0779. The third-order valence-electron chi connectivity index (χ3n) is 4.21. The maximum absolute atomic E-state index is 12.7. The van der Waals surface area contributed by atoms with Crippen molar-refractivity contribution in [2.45, 2.75) is 11.4 Å². The van der Waals surface area contributed by atoms with Crippen LogP contribution in [0.3, 0.4) is 0 Å². The van der Waals surface area contributed by atoms with Gasteiger partial charge in [0, 0.05) is 48.9 Å². The summed E-state index contributed by atoms with van der Waals surface area (Å²) < 4.78 is 27.8. The molecular weight excluding hydrogens is 438 g/mol. The lowest BCUT2D eigenvalue weighted by Gasteiger charge is -2.24. The van der Waals surface area contributed by atoms with Crippen LogP contribution >= 0.6 is 27.7 Å². The molecule has 1 aliphatic rings. The zero-order chi connectivity index (χ0) is 18.7. The molecule has 1 saturated heterocycles. The first-order chi connectivity index (χ1) is 12.4. The van der Waals surface area contributed by atoms with Crippen molar-refractivity contribution in [2.75, 3.05) is 31.6 Å². The lowest BCUT2D eigenvalue weighted by atomic mass is 10.2. The van der Waals surface area contributed by atoms with Crippen molar-refractivity contribution in [1.29, 1.82) is 0 Å². The van der Waals surface area contributed by atoms with Gasteiger partial charge in [-0.2, -0.15) is 16.1 Å². The first kappa shape index (κ1) is 19.5. The molecule has 1 fully saturated rings. The number of carbonyl (C=O) groups is 1. The summed E-state index contributed by atoms with van der Waals surface area (Å²) in [6.07, 6.45) is 1.40. The number of thioether (sulfide) groups is 1. The van der Waals surface area contributed by atoms with Crippen molar-refractivity contribution in [2.24, 2.45) is 0 Å². The van der Waals surface area contributed by atoms with Gasteiger partial charge in [-0.25, -0.2) is 8.42 Å². The molecule has 0 radical (unpaired) electrons. The average molecular weight is 458 g/mol. The minimum Gasteiger partial charge on any atom is -0.356 e. The number of nitrogens with zero attached hydrogens (tertiary/aromatic N) is 2. The second-order valence-electron chi connectivity index (χ2n) is 6.02. The van der Waals surface area contributed by atoms with E-state index in [1.165, 1.54) is 16.6 Å². The van der Waals surface area contributed by atoms with Gasteiger partial charge in [-0.15, -0.1) is 0 Å². The Morgan fingerprint density at radius 1 is 1.31 bits per heavy atom. The Morgan fingerprint density at radius 3 is 2.69 bits per heavy atom. The highest BCUT2D eigenvalue weighted by Crippen LogP contribution is 2.22. The minimum atomic E-state index is -3.56. The van der Waals surface area contributed by atoms with Gasteiger partial charge >= 0.3 is 0 Å². The van der Waals surface area contributed by atoms with Gasteiger partial charge in [0.2, 0.25) is 10.0 Å². The number of rotatable bonds is 5. The number of nitrogens with one attached hydrogen (secondary N) is 1. The van der Waals surface area contributed by atoms with Crippen LogP contribution < -0.4 is 0 Å². The standard InChI is InChI=1S/C17H20BrN3O3S2/c1-20(12-13-4-2-3-5-15(13)18)17(22)16-10-14(11-19-16)26(23,24)21-6-8-25-9-7-21/h2-5,10-11,19H,6-9,12H2,1H3. The molecule has 3 rings (SSSR count). The van der Waals surface area contributed by atoms with Crippen LogP contribution in [0.4, 0.5) is 0 Å². The van der Waals surface area contributed by atoms with Crippen LogP contribution in [0.15, 0.2) is 45.9 Å². The molecule has 26 heavy (non-hydrogen) atoms. The molecule has 0 spiro atoms. The van der Waals surface area contributed by atoms with Crippen LogP contribution in [0.5, 0.6) is 0 Å². The van der Waals surface area contributed by atoms with Crippen LogP contribution in [0.2, 0.25) is 0 Å². The molecule has 0 saturated carbocycles. The number of amides is 1. The number of aromatic nitrogens is 1. The average Bonchev–Trinajstić information content (AvgIpc) is 3.14. The number of sulfonamides is 1. The van der Waals surface area contributed by atoms with E-state index in [1.54, 1.807) is 23.7 Å². The number of halogens is 1. The second-order valence-corrected chi connectivity index (χ2v) is 10.0. The molecule has 1 N–H and O–H groups in total. The van der Waals surface area contributed by atoms with E-state index in [2.05, 4.69) is 20.9 Å². The molecule has 140 valence electrons. The Morgan fingerprint density at radius 2 is 2.00 bits per heavy atom.